The summed E-state index contributed by atoms with van der Waals surface area (Å²) in [6.45, 7) is 2.94. The van der Waals surface area contributed by atoms with Crippen molar-refractivity contribution >= 4 is 11.6 Å². The molecule has 0 aromatic heterocycles. The number of halogens is 1. The number of aryl methyl sites for hydroxylation is 1. The van der Waals surface area contributed by atoms with Crippen molar-refractivity contribution in [2.45, 2.75) is 51.2 Å². The maximum Gasteiger partial charge on any atom is 0.0576 e. The molecule has 0 amide bonds. The molecular weight excluding hydrogens is 260 g/mol. The SMILES string of the molecule is Cc1cccc(C(CCCC2CCCO2)NN)c1Cl. The number of rotatable bonds is 6. The average Bonchev–Trinajstić information content (AvgIpc) is 2.92. The fraction of sp³-hybridized carbons (Fsp3) is 0.600. The quantitative estimate of drug-likeness (QED) is 0.620. The van der Waals surface area contributed by atoms with Crippen molar-refractivity contribution in [3.8, 4) is 0 Å². The fourth-order valence-corrected chi connectivity index (χ4v) is 2.95. The first kappa shape index (κ1) is 14.8. The predicted molar refractivity (Wildman–Crippen MR) is 79.1 cm³/mol. The summed E-state index contributed by atoms with van der Waals surface area (Å²) in [5.41, 5.74) is 5.08. The van der Waals surface area contributed by atoms with Crippen LogP contribution in [0.15, 0.2) is 18.2 Å². The van der Waals surface area contributed by atoms with Gasteiger partial charge in [0.1, 0.15) is 0 Å². The Morgan fingerprint density at radius 3 is 3.05 bits per heavy atom. The third-order valence-electron chi connectivity index (χ3n) is 3.84. The maximum atomic E-state index is 6.35. The van der Waals surface area contributed by atoms with Gasteiger partial charge in [0.05, 0.1) is 6.10 Å². The molecule has 106 valence electrons. The van der Waals surface area contributed by atoms with Crippen molar-refractivity contribution in [3.05, 3.63) is 34.3 Å². The summed E-state index contributed by atoms with van der Waals surface area (Å²) in [7, 11) is 0. The van der Waals surface area contributed by atoms with E-state index in [-0.39, 0.29) is 6.04 Å². The predicted octanol–water partition coefficient (Wildman–Crippen LogP) is 3.50. The lowest BCUT2D eigenvalue weighted by atomic mass is 9.98. The van der Waals surface area contributed by atoms with E-state index in [9.17, 15) is 0 Å². The van der Waals surface area contributed by atoms with Crippen LogP contribution in [0.2, 0.25) is 5.02 Å². The molecule has 2 atom stereocenters. The monoisotopic (exact) mass is 282 g/mol. The number of benzene rings is 1. The lowest BCUT2D eigenvalue weighted by Crippen LogP contribution is -2.28. The minimum Gasteiger partial charge on any atom is -0.378 e. The third kappa shape index (κ3) is 3.93. The lowest BCUT2D eigenvalue weighted by Gasteiger charge is -2.19. The van der Waals surface area contributed by atoms with Crippen molar-refractivity contribution in [1.82, 2.24) is 5.43 Å². The van der Waals surface area contributed by atoms with Crippen LogP contribution < -0.4 is 11.3 Å². The Hall–Kier alpha value is -0.610. The van der Waals surface area contributed by atoms with E-state index in [1.54, 1.807) is 0 Å². The minimum absolute atomic E-state index is 0.119. The molecule has 2 rings (SSSR count). The summed E-state index contributed by atoms with van der Waals surface area (Å²) >= 11 is 6.35. The Labute approximate surface area is 120 Å². The van der Waals surface area contributed by atoms with E-state index in [2.05, 4.69) is 5.43 Å². The van der Waals surface area contributed by atoms with E-state index in [4.69, 9.17) is 22.2 Å². The highest BCUT2D eigenvalue weighted by atomic mass is 35.5. The van der Waals surface area contributed by atoms with Crippen molar-refractivity contribution in [1.29, 1.82) is 0 Å². The highest BCUT2D eigenvalue weighted by Crippen LogP contribution is 2.29. The van der Waals surface area contributed by atoms with Gasteiger partial charge in [-0.25, -0.2) is 0 Å². The van der Waals surface area contributed by atoms with E-state index >= 15 is 0 Å². The molecule has 1 heterocycles. The second-order valence-electron chi connectivity index (χ2n) is 5.26. The zero-order chi connectivity index (χ0) is 13.7. The first-order valence-electron chi connectivity index (χ1n) is 7.05. The second kappa shape index (κ2) is 7.25. The number of nitrogens with one attached hydrogen (secondary N) is 1. The van der Waals surface area contributed by atoms with Crippen LogP contribution in [0.25, 0.3) is 0 Å². The number of nitrogens with two attached hydrogens (primary N) is 1. The molecule has 1 aromatic rings. The molecule has 19 heavy (non-hydrogen) atoms. The van der Waals surface area contributed by atoms with E-state index in [0.717, 1.165) is 42.0 Å². The summed E-state index contributed by atoms with van der Waals surface area (Å²) in [6.07, 6.45) is 6.05. The van der Waals surface area contributed by atoms with Gasteiger partial charge in [0, 0.05) is 17.7 Å². The Morgan fingerprint density at radius 1 is 1.53 bits per heavy atom. The third-order valence-corrected chi connectivity index (χ3v) is 4.36. The van der Waals surface area contributed by atoms with Gasteiger partial charge >= 0.3 is 0 Å². The fourth-order valence-electron chi connectivity index (χ4n) is 2.69. The Morgan fingerprint density at radius 2 is 2.37 bits per heavy atom. The second-order valence-corrected chi connectivity index (χ2v) is 5.64. The minimum atomic E-state index is 0.119. The van der Waals surface area contributed by atoms with Crippen molar-refractivity contribution in [2.75, 3.05) is 6.61 Å². The summed E-state index contributed by atoms with van der Waals surface area (Å²) in [5, 5.41) is 0.822. The zero-order valence-electron chi connectivity index (χ0n) is 11.5. The van der Waals surface area contributed by atoms with Gasteiger partial charge in [-0.3, -0.25) is 11.3 Å². The van der Waals surface area contributed by atoms with E-state index in [1.165, 1.54) is 12.8 Å². The van der Waals surface area contributed by atoms with Gasteiger partial charge in [-0.2, -0.15) is 0 Å². The normalized spacial score (nSPS) is 20.7. The largest absolute Gasteiger partial charge is 0.378 e. The lowest BCUT2D eigenvalue weighted by molar-refractivity contribution is 0.101. The summed E-state index contributed by atoms with van der Waals surface area (Å²) in [4.78, 5) is 0. The molecule has 1 fully saturated rings. The smallest absolute Gasteiger partial charge is 0.0576 e. The van der Waals surface area contributed by atoms with Crippen LogP contribution in [0.3, 0.4) is 0 Å². The highest BCUT2D eigenvalue weighted by Gasteiger charge is 2.18. The molecule has 2 unspecified atom stereocenters. The molecule has 0 saturated carbocycles. The molecular formula is C15H23ClN2O. The first-order valence-corrected chi connectivity index (χ1v) is 7.43. The van der Waals surface area contributed by atoms with Crippen LogP contribution in [0.4, 0.5) is 0 Å². The van der Waals surface area contributed by atoms with Crippen LogP contribution in [0, 0.1) is 6.92 Å². The summed E-state index contributed by atoms with van der Waals surface area (Å²) in [5.74, 6) is 5.68. The van der Waals surface area contributed by atoms with Gasteiger partial charge in [-0.1, -0.05) is 29.8 Å². The number of hydrogen-bond donors (Lipinski definition) is 2. The van der Waals surface area contributed by atoms with Crippen LogP contribution in [-0.2, 0) is 4.74 Å². The molecule has 0 bridgehead atoms. The maximum absolute atomic E-state index is 6.35. The first-order chi connectivity index (χ1) is 9.22. The summed E-state index contributed by atoms with van der Waals surface area (Å²) in [6, 6.07) is 6.22. The van der Waals surface area contributed by atoms with Crippen LogP contribution in [0.1, 0.15) is 49.3 Å². The van der Waals surface area contributed by atoms with Gasteiger partial charge in [0.15, 0.2) is 0 Å². The Kier molecular flexibility index (Phi) is 5.64. The van der Waals surface area contributed by atoms with Crippen LogP contribution >= 0.6 is 11.6 Å². The van der Waals surface area contributed by atoms with Gasteiger partial charge in [0.25, 0.3) is 0 Å². The molecule has 0 radical (unpaired) electrons. The molecule has 1 aliphatic heterocycles. The molecule has 1 saturated heterocycles. The molecule has 1 aromatic carbocycles. The molecule has 0 aliphatic carbocycles. The van der Waals surface area contributed by atoms with Gasteiger partial charge in [-0.05, 0) is 50.2 Å². The number of ether oxygens (including phenoxy) is 1. The molecule has 3 N–H and O–H groups in total. The van der Waals surface area contributed by atoms with Gasteiger partial charge < -0.3 is 4.74 Å². The standard InChI is InChI=1S/C15H23ClN2O/c1-11-5-2-8-13(15(11)16)14(18-17)9-3-6-12-7-4-10-19-12/h2,5,8,12,14,18H,3-4,6-7,9-10,17H2,1H3. The Balaban J connectivity index is 1.90. The van der Waals surface area contributed by atoms with E-state index in [0.29, 0.717) is 6.10 Å². The molecule has 0 spiro atoms. The molecule has 3 nitrogen and oxygen atoms in total. The topological polar surface area (TPSA) is 47.3 Å². The molecule has 1 aliphatic rings. The Bertz CT molecular complexity index is 405. The van der Waals surface area contributed by atoms with Crippen molar-refractivity contribution < 1.29 is 4.74 Å². The van der Waals surface area contributed by atoms with Crippen LogP contribution in [-0.4, -0.2) is 12.7 Å². The zero-order valence-corrected chi connectivity index (χ0v) is 12.2. The number of hydrazine groups is 1. The van der Waals surface area contributed by atoms with Gasteiger partial charge in [0.2, 0.25) is 0 Å². The highest BCUT2D eigenvalue weighted by molar-refractivity contribution is 6.32. The van der Waals surface area contributed by atoms with Gasteiger partial charge in [-0.15, -0.1) is 0 Å². The van der Waals surface area contributed by atoms with Crippen molar-refractivity contribution in [3.63, 3.8) is 0 Å². The molecule has 4 heteroatoms. The van der Waals surface area contributed by atoms with E-state index in [1.807, 2.05) is 25.1 Å². The number of hydrogen-bond acceptors (Lipinski definition) is 3. The van der Waals surface area contributed by atoms with Crippen LogP contribution in [0.5, 0.6) is 0 Å². The average molecular weight is 283 g/mol. The summed E-state index contributed by atoms with van der Waals surface area (Å²) < 4.78 is 5.64. The van der Waals surface area contributed by atoms with E-state index < -0.39 is 0 Å². The van der Waals surface area contributed by atoms with Crippen molar-refractivity contribution in [2.24, 2.45) is 5.84 Å².